The van der Waals surface area contributed by atoms with E-state index in [1.807, 2.05) is 0 Å². The first-order valence-corrected chi connectivity index (χ1v) is 15.3. The molecule has 0 unspecified atom stereocenters. The number of nitrogens with zero attached hydrogens (tertiary/aromatic N) is 2. The molecule has 0 saturated carbocycles. The highest BCUT2D eigenvalue weighted by Crippen LogP contribution is 2.36. The van der Waals surface area contributed by atoms with E-state index in [0.717, 1.165) is 78.2 Å². The van der Waals surface area contributed by atoms with Gasteiger partial charge in [0.25, 0.3) is 0 Å². The Hall–Kier alpha value is -5.74. The molecule has 0 fully saturated rings. The number of aryl methyl sites for hydroxylation is 3. The molecule has 216 valence electrons. The van der Waals surface area contributed by atoms with Crippen molar-refractivity contribution in [1.82, 2.24) is 19.9 Å². The summed E-state index contributed by atoms with van der Waals surface area (Å²) in [7, 11) is 0. The number of aromatic amines is 2. The summed E-state index contributed by atoms with van der Waals surface area (Å²) in [5, 5.41) is 0. The first-order valence-electron chi connectivity index (χ1n) is 15.3. The molecule has 8 rings (SSSR count). The van der Waals surface area contributed by atoms with Crippen molar-refractivity contribution in [1.29, 1.82) is 0 Å². The van der Waals surface area contributed by atoms with Gasteiger partial charge in [-0.3, -0.25) is 0 Å². The number of aromatic nitrogens is 4. The zero-order valence-corrected chi connectivity index (χ0v) is 25.5. The van der Waals surface area contributed by atoms with Crippen LogP contribution in [-0.4, -0.2) is 19.9 Å². The van der Waals surface area contributed by atoms with Gasteiger partial charge in [0.05, 0.1) is 22.8 Å². The lowest BCUT2D eigenvalue weighted by atomic mass is 10.0. The third-order valence-electron chi connectivity index (χ3n) is 8.50. The fourth-order valence-corrected chi connectivity index (χ4v) is 6.45. The molecule has 8 bridgehead atoms. The number of fused-ring (bicyclic) bond motifs is 8. The number of hydrogen-bond acceptors (Lipinski definition) is 2. The van der Waals surface area contributed by atoms with Gasteiger partial charge < -0.3 is 9.97 Å². The lowest BCUT2D eigenvalue weighted by Crippen LogP contribution is -1.89. The Balaban J connectivity index is 1.54. The molecule has 0 atom stereocenters. The molecule has 0 saturated heterocycles. The van der Waals surface area contributed by atoms with Crippen LogP contribution < -0.4 is 0 Å². The molecular formula is C41H32N4. The molecule has 3 aromatic heterocycles. The van der Waals surface area contributed by atoms with Crippen molar-refractivity contribution in [2.24, 2.45) is 0 Å². The average molecular weight is 581 g/mol. The lowest BCUT2D eigenvalue weighted by Gasteiger charge is -2.07. The van der Waals surface area contributed by atoms with Crippen LogP contribution in [0.2, 0.25) is 0 Å². The van der Waals surface area contributed by atoms with E-state index < -0.39 is 0 Å². The fraction of sp³-hybridized carbons (Fsp3) is 0.0732. The van der Waals surface area contributed by atoms with Crippen LogP contribution in [0.3, 0.4) is 0 Å². The minimum Gasteiger partial charge on any atom is -0.355 e. The summed E-state index contributed by atoms with van der Waals surface area (Å²) in [5.74, 6) is 0. The maximum absolute atomic E-state index is 5.34. The summed E-state index contributed by atoms with van der Waals surface area (Å²) in [4.78, 5) is 17.9. The van der Waals surface area contributed by atoms with Gasteiger partial charge in [-0.1, -0.05) is 89.5 Å². The topological polar surface area (TPSA) is 57.4 Å². The molecule has 0 spiro atoms. The SMILES string of the molecule is Cc1cccc(-c2c3nc(c(-c4cccc(C)c4)c4ccc([nH]4)c(-c4cccc(C)c4)c4nc(cc5ccc2[nH]5)C=C4)C=C3)c1. The van der Waals surface area contributed by atoms with Crippen LogP contribution >= 0.6 is 0 Å². The van der Waals surface area contributed by atoms with Crippen LogP contribution in [0.4, 0.5) is 0 Å². The van der Waals surface area contributed by atoms with Crippen molar-refractivity contribution in [3.8, 4) is 33.4 Å². The second-order valence-electron chi connectivity index (χ2n) is 12.0. The van der Waals surface area contributed by atoms with Crippen LogP contribution in [0.1, 0.15) is 39.5 Å². The first kappa shape index (κ1) is 26.9. The molecule has 4 heteroatoms. The molecule has 0 amide bonds. The highest BCUT2D eigenvalue weighted by Gasteiger charge is 2.17. The summed E-state index contributed by atoms with van der Waals surface area (Å²) in [6, 6.07) is 36.6. The smallest absolute Gasteiger partial charge is 0.0737 e. The molecule has 45 heavy (non-hydrogen) atoms. The molecule has 0 radical (unpaired) electrons. The fourth-order valence-electron chi connectivity index (χ4n) is 6.45. The van der Waals surface area contributed by atoms with Gasteiger partial charge in [0.15, 0.2) is 0 Å². The maximum atomic E-state index is 5.34. The highest BCUT2D eigenvalue weighted by atomic mass is 14.8. The molecule has 2 aliphatic rings. The molecule has 2 aliphatic heterocycles. The van der Waals surface area contributed by atoms with E-state index >= 15 is 0 Å². The number of nitrogens with one attached hydrogen (secondary N) is 2. The lowest BCUT2D eigenvalue weighted by molar-refractivity contribution is 1.31. The molecule has 6 aromatic rings. The van der Waals surface area contributed by atoms with Gasteiger partial charge in [-0.15, -0.1) is 0 Å². The van der Waals surface area contributed by atoms with Gasteiger partial charge in [0, 0.05) is 38.8 Å². The van der Waals surface area contributed by atoms with Gasteiger partial charge in [-0.2, -0.15) is 0 Å². The van der Waals surface area contributed by atoms with Gasteiger partial charge >= 0.3 is 0 Å². The quantitative estimate of drug-likeness (QED) is 0.218. The predicted octanol–water partition coefficient (Wildman–Crippen LogP) is 10.6. The van der Waals surface area contributed by atoms with Crippen molar-refractivity contribution < 1.29 is 0 Å². The number of hydrogen-bond donors (Lipinski definition) is 2. The zero-order valence-electron chi connectivity index (χ0n) is 25.5. The van der Waals surface area contributed by atoms with Crippen molar-refractivity contribution in [2.75, 3.05) is 0 Å². The summed E-state index contributed by atoms with van der Waals surface area (Å²) in [5.41, 5.74) is 17.9. The minimum atomic E-state index is 0.903. The van der Waals surface area contributed by atoms with E-state index in [1.165, 1.54) is 16.7 Å². The zero-order chi connectivity index (χ0) is 30.5. The number of benzene rings is 3. The Morgan fingerprint density at radius 2 is 0.867 bits per heavy atom. The number of rotatable bonds is 3. The van der Waals surface area contributed by atoms with Crippen LogP contribution in [-0.2, 0) is 0 Å². The summed E-state index contributed by atoms with van der Waals surface area (Å²) in [6.45, 7) is 6.39. The highest BCUT2D eigenvalue weighted by molar-refractivity contribution is 5.97. The third-order valence-corrected chi connectivity index (χ3v) is 8.50. The Bertz CT molecular complexity index is 2320. The van der Waals surface area contributed by atoms with E-state index in [4.69, 9.17) is 9.97 Å². The van der Waals surface area contributed by atoms with Crippen molar-refractivity contribution in [2.45, 2.75) is 20.8 Å². The van der Waals surface area contributed by atoms with Crippen molar-refractivity contribution in [3.05, 3.63) is 143 Å². The van der Waals surface area contributed by atoms with Gasteiger partial charge in [0.1, 0.15) is 0 Å². The van der Waals surface area contributed by atoms with Crippen LogP contribution in [0.15, 0.2) is 103 Å². The summed E-state index contributed by atoms with van der Waals surface area (Å²) >= 11 is 0. The molecule has 5 heterocycles. The average Bonchev–Trinajstić information content (AvgIpc) is 3.84. The second kappa shape index (κ2) is 10.8. The Morgan fingerprint density at radius 3 is 1.38 bits per heavy atom. The second-order valence-corrected chi connectivity index (χ2v) is 12.0. The normalized spacial score (nSPS) is 12.2. The van der Waals surface area contributed by atoms with Crippen molar-refractivity contribution in [3.63, 3.8) is 0 Å². The molecular weight excluding hydrogens is 548 g/mol. The van der Waals surface area contributed by atoms with Gasteiger partial charge in [-0.05, 0) is 92.1 Å². The molecule has 3 aromatic carbocycles. The monoisotopic (exact) mass is 580 g/mol. The van der Waals surface area contributed by atoms with Gasteiger partial charge in [-0.25, -0.2) is 9.97 Å². The van der Waals surface area contributed by atoms with Crippen LogP contribution in [0.5, 0.6) is 0 Å². The number of H-pyrrole nitrogens is 2. The Labute approximate surface area is 262 Å². The first-order chi connectivity index (χ1) is 22.0. The summed E-state index contributed by atoms with van der Waals surface area (Å²) in [6.07, 6.45) is 8.50. The van der Waals surface area contributed by atoms with E-state index in [2.05, 4.69) is 158 Å². The predicted molar refractivity (Wildman–Crippen MR) is 189 cm³/mol. The van der Waals surface area contributed by atoms with Crippen LogP contribution in [0.25, 0.3) is 79.8 Å². The van der Waals surface area contributed by atoms with Gasteiger partial charge in [0.2, 0.25) is 0 Å². The van der Waals surface area contributed by atoms with E-state index in [-0.39, 0.29) is 0 Å². The van der Waals surface area contributed by atoms with E-state index in [9.17, 15) is 0 Å². The Kier molecular flexibility index (Phi) is 6.42. The third kappa shape index (κ3) is 5.00. The van der Waals surface area contributed by atoms with E-state index in [1.54, 1.807) is 0 Å². The summed E-state index contributed by atoms with van der Waals surface area (Å²) < 4.78 is 0. The van der Waals surface area contributed by atoms with Crippen molar-refractivity contribution >= 4 is 46.4 Å². The maximum Gasteiger partial charge on any atom is 0.0737 e. The largest absolute Gasteiger partial charge is 0.355 e. The standard InChI is InChI=1S/C41H32N4/c1-25-7-4-10-28(21-25)39-33-15-13-31(42-33)24-32-14-16-34(43-32)40(29-11-5-8-26(2)22-29)36-18-20-38(45-36)41(37-19-17-35(39)44-37)30-12-6-9-27(3)23-30/h4-24,42,45H,1-3H3. The Morgan fingerprint density at radius 1 is 0.422 bits per heavy atom. The molecule has 2 N–H and O–H groups in total. The molecule has 4 nitrogen and oxygen atoms in total. The van der Waals surface area contributed by atoms with Crippen LogP contribution in [0, 0.1) is 20.8 Å². The molecule has 0 aliphatic carbocycles. The van der Waals surface area contributed by atoms with E-state index in [0.29, 0.717) is 0 Å². The minimum absolute atomic E-state index is 0.903.